The molecule has 0 saturated carbocycles. The second-order valence-corrected chi connectivity index (χ2v) is 22.2. The summed E-state index contributed by atoms with van der Waals surface area (Å²) in [6.07, 6.45) is 3.96. The third-order valence-corrected chi connectivity index (χ3v) is 17.3. The van der Waals surface area contributed by atoms with Crippen LogP contribution < -0.4 is 20.4 Å². The standard InChI is InChI=1S/2C34H38N4O4.Pt/c2*1-7-21-17(3)25-13-26-19(5)23(9-11-33(39)40)31(37-26)16-32-24(10-12-34(41)42)20(6)28(38-32)15-30-22(8-2)18(4)27(36-30)14-29(21)35-25;/h2*13-16,35,38H,7-12H2,1-6H3,(H,39,40)(H,41,42);/q;;+4/p-4. The van der Waals surface area contributed by atoms with Crippen molar-refractivity contribution in [1.82, 2.24) is 39.9 Å². The first-order chi connectivity index (χ1) is 40.0. The Morgan fingerprint density at radius 3 is 0.824 bits per heavy atom. The molecule has 4 aliphatic heterocycles. The molecule has 16 nitrogen and oxygen atoms in total. The van der Waals surface area contributed by atoms with Crippen LogP contribution in [-0.4, -0.2) is 63.7 Å². The SMILES string of the molecule is CCC1=C(C)c2cc3[nH]c(cc4nc(cc5[nH]c(cc1n2)c(C)c5CCC(=O)[O-])C(CCC(=O)[O-])=C4C)c(C)c3CC.CCC1=C(C)c2cc3[nH]c(cc4nc(cc5[nH]c(cc1n2)c(C)c5CCC(=O)[O-])C(CCC(=O)[O-])=C4C)c(C)c3CC.[Pt+4]. The largest absolute Gasteiger partial charge is 4.00 e. The van der Waals surface area contributed by atoms with Crippen molar-refractivity contribution in [3.8, 4) is 0 Å². The van der Waals surface area contributed by atoms with Crippen LogP contribution >= 0.6 is 0 Å². The fourth-order valence-corrected chi connectivity index (χ4v) is 12.4. The quantitative estimate of drug-likeness (QED) is 0.0705. The Kier molecular flexibility index (Phi) is 19.2. The number of aliphatic carboxylic acids is 4. The Bertz CT molecular complexity index is 3980. The molecule has 0 unspecified atom stereocenters. The number of carbonyl (C=O) groups excluding carboxylic acids is 4. The van der Waals surface area contributed by atoms with Crippen LogP contribution in [0.25, 0.3) is 88.7 Å². The smallest absolute Gasteiger partial charge is 0.550 e. The third kappa shape index (κ3) is 12.8. The molecule has 0 aromatic carbocycles. The zero-order valence-corrected chi connectivity index (χ0v) is 52.7. The predicted molar refractivity (Wildman–Crippen MR) is 325 cm³/mol. The molecule has 0 fully saturated rings. The molecule has 17 heteroatoms. The average Bonchev–Trinajstić information content (AvgIpc) is 1.94. The number of allylic oxidation sites excluding steroid dienone is 8. The molecule has 0 spiro atoms. The number of fused-ring (bicyclic) bond motifs is 16. The van der Waals surface area contributed by atoms with Crippen LogP contribution in [0, 0.1) is 27.7 Å². The Morgan fingerprint density at radius 2 is 0.541 bits per heavy atom. The van der Waals surface area contributed by atoms with Gasteiger partial charge in [0.15, 0.2) is 0 Å². The summed E-state index contributed by atoms with van der Waals surface area (Å²) in [5.74, 6) is -4.48. The zero-order chi connectivity index (χ0) is 60.6. The van der Waals surface area contributed by atoms with E-state index in [4.69, 9.17) is 19.9 Å². The van der Waals surface area contributed by atoms with Crippen LogP contribution in [0.3, 0.4) is 0 Å². The van der Waals surface area contributed by atoms with Gasteiger partial charge in [0.05, 0.1) is 45.6 Å². The maximum Gasteiger partial charge on any atom is 4.00 e. The molecule has 4 aliphatic rings. The molecule has 0 amide bonds. The second-order valence-electron chi connectivity index (χ2n) is 22.2. The summed E-state index contributed by atoms with van der Waals surface area (Å²) in [6.45, 7) is 24.8. The van der Waals surface area contributed by atoms with E-state index in [1.165, 1.54) is 11.1 Å². The molecule has 0 aliphatic carbocycles. The molecule has 6 aromatic heterocycles. The summed E-state index contributed by atoms with van der Waals surface area (Å²) >= 11 is 0. The number of aromatic nitrogens is 8. The fourth-order valence-electron chi connectivity index (χ4n) is 12.4. The molecule has 6 aromatic rings. The maximum absolute atomic E-state index is 11.4. The van der Waals surface area contributed by atoms with E-state index in [0.29, 0.717) is 11.4 Å². The van der Waals surface area contributed by atoms with Crippen LogP contribution in [0.5, 0.6) is 0 Å². The summed E-state index contributed by atoms with van der Waals surface area (Å²) in [5, 5.41) is 45.7. The van der Waals surface area contributed by atoms with E-state index in [2.05, 4.69) is 87.5 Å². The first kappa shape index (κ1) is 62.8. The van der Waals surface area contributed by atoms with Gasteiger partial charge in [-0.1, -0.05) is 27.7 Å². The van der Waals surface area contributed by atoms with Crippen LogP contribution in [0.15, 0.2) is 48.5 Å². The van der Waals surface area contributed by atoms with Gasteiger partial charge < -0.3 is 59.5 Å². The van der Waals surface area contributed by atoms with Gasteiger partial charge in [-0.05, 0) is 270 Å². The van der Waals surface area contributed by atoms with Gasteiger partial charge in [-0.25, -0.2) is 19.9 Å². The minimum atomic E-state index is -1.12. The monoisotopic (exact) mass is 1320 g/mol. The van der Waals surface area contributed by atoms with Crippen molar-refractivity contribution in [2.45, 2.75) is 160 Å². The van der Waals surface area contributed by atoms with Gasteiger partial charge in [-0.2, -0.15) is 0 Å². The number of nitrogens with one attached hydrogen (secondary N) is 4. The Hall–Kier alpha value is -8.23. The van der Waals surface area contributed by atoms with E-state index in [0.717, 1.165) is 182 Å². The second kappa shape index (κ2) is 25.9. The Morgan fingerprint density at radius 1 is 0.318 bits per heavy atom. The fraction of sp³-hybridized carbons (Fsp3) is 0.353. The minimum Gasteiger partial charge on any atom is -0.550 e. The van der Waals surface area contributed by atoms with Crippen molar-refractivity contribution in [3.63, 3.8) is 0 Å². The van der Waals surface area contributed by atoms with Crippen LogP contribution in [0.2, 0.25) is 0 Å². The number of hydrogen-bond donors (Lipinski definition) is 4. The number of hydrogen-bond acceptors (Lipinski definition) is 12. The Labute approximate surface area is 509 Å². The van der Waals surface area contributed by atoms with Crippen molar-refractivity contribution in [3.05, 3.63) is 139 Å². The molecule has 0 saturated heterocycles. The number of carboxylic acids is 4. The number of carboxylic acid groups (broad SMARTS) is 4. The molecule has 4 N–H and O–H groups in total. The molecular weight excluding hydrogens is 1250 g/mol. The van der Waals surface area contributed by atoms with Gasteiger partial charge in [-0.3, -0.25) is 0 Å². The van der Waals surface area contributed by atoms with Crippen molar-refractivity contribution in [2.24, 2.45) is 0 Å². The van der Waals surface area contributed by atoms with E-state index >= 15 is 0 Å². The van der Waals surface area contributed by atoms with E-state index in [-0.39, 0.29) is 72.4 Å². The van der Waals surface area contributed by atoms with Crippen molar-refractivity contribution in [1.29, 1.82) is 0 Å². The predicted octanol–water partition coefficient (Wildman–Crippen LogP) is 9.95. The number of H-pyrrole nitrogens is 4. The zero-order valence-electron chi connectivity index (χ0n) is 50.5. The van der Waals surface area contributed by atoms with Crippen LogP contribution in [0.4, 0.5) is 0 Å². The van der Waals surface area contributed by atoms with Crippen molar-refractivity contribution in [2.75, 3.05) is 0 Å². The van der Waals surface area contributed by atoms with Gasteiger partial charge in [-0.15, -0.1) is 0 Å². The van der Waals surface area contributed by atoms with Crippen molar-refractivity contribution >= 4 is 113 Å². The minimum absolute atomic E-state index is 0. The molecule has 16 bridgehead atoms. The maximum atomic E-state index is 11.4. The number of aryl methyl sites for hydroxylation is 8. The molecule has 10 rings (SSSR count). The molecular formula is C68H72N8O8Pt. The van der Waals surface area contributed by atoms with E-state index in [1.54, 1.807) is 0 Å². The number of nitrogens with zero attached hydrogens (tertiary/aromatic N) is 4. The first-order valence-corrected chi connectivity index (χ1v) is 29.1. The third-order valence-electron chi connectivity index (χ3n) is 17.3. The van der Waals surface area contributed by atoms with Gasteiger partial charge in [0.2, 0.25) is 0 Å². The molecule has 0 atom stereocenters. The Balaban J connectivity index is 0.000000219. The average molecular weight is 1320 g/mol. The van der Waals surface area contributed by atoms with Crippen LogP contribution in [0.1, 0.15) is 197 Å². The summed E-state index contributed by atoms with van der Waals surface area (Å²) in [5.41, 5.74) is 29.8. The number of rotatable bonds is 16. The van der Waals surface area contributed by atoms with Gasteiger partial charge in [0.25, 0.3) is 0 Å². The van der Waals surface area contributed by atoms with E-state index in [1.807, 2.05) is 64.1 Å². The first-order valence-electron chi connectivity index (χ1n) is 29.1. The van der Waals surface area contributed by atoms with Crippen molar-refractivity contribution < 1.29 is 60.7 Å². The van der Waals surface area contributed by atoms with Gasteiger partial charge in [0.1, 0.15) is 0 Å². The van der Waals surface area contributed by atoms with Gasteiger partial charge >= 0.3 is 21.1 Å². The van der Waals surface area contributed by atoms with E-state index in [9.17, 15) is 39.6 Å². The summed E-state index contributed by atoms with van der Waals surface area (Å²) < 4.78 is 0. The number of carbonyl (C=O) groups is 4. The normalized spacial score (nSPS) is 13.1. The molecule has 442 valence electrons. The van der Waals surface area contributed by atoms with Gasteiger partial charge in [0, 0.05) is 68.0 Å². The molecule has 10 heterocycles. The van der Waals surface area contributed by atoms with E-state index < -0.39 is 23.9 Å². The number of aromatic amines is 4. The topological polar surface area (TPSA) is 275 Å². The summed E-state index contributed by atoms with van der Waals surface area (Å²) in [6, 6.07) is 16.2. The van der Waals surface area contributed by atoms with Crippen LogP contribution in [-0.2, 0) is 65.9 Å². The summed E-state index contributed by atoms with van der Waals surface area (Å²) in [7, 11) is 0. The molecule has 85 heavy (non-hydrogen) atoms. The molecule has 0 radical (unpaired) electrons. The summed E-state index contributed by atoms with van der Waals surface area (Å²) in [4.78, 5) is 80.0.